The van der Waals surface area contributed by atoms with Gasteiger partial charge in [0.2, 0.25) is 0 Å². The molecular formula is C17H17N3O4. The maximum atomic E-state index is 11.9. The summed E-state index contributed by atoms with van der Waals surface area (Å²) in [5, 5.41) is 3.65. The molecule has 3 aromatic rings. The Balaban J connectivity index is 1.56. The van der Waals surface area contributed by atoms with Crippen molar-refractivity contribution >= 4 is 22.9 Å². The second-order valence-electron chi connectivity index (χ2n) is 5.35. The minimum Gasteiger partial charge on any atom is -0.469 e. The van der Waals surface area contributed by atoms with E-state index >= 15 is 0 Å². The highest BCUT2D eigenvalue weighted by atomic mass is 16.3. The van der Waals surface area contributed by atoms with E-state index in [0.29, 0.717) is 17.1 Å². The maximum Gasteiger partial charge on any atom is 0.334 e. The summed E-state index contributed by atoms with van der Waals surface area (Å²) in [4.78, 5) is 23.8. The summed E-state index contributed by atoms with van der Waals surface area (Å²) in [6.45, 7) is 3.46. The average Bonchev–Trinajstić information content (AvgIpc) is 3.18. The molecule has 1 unspecified atom stereocenters. The molecule has 3 N–H and O–H groups in total. The minimum atomic E-state index is -0.544. The first-order valence-electron chi connectivity index (χ1n) is 7.44. The van der Waals surface area contributed by atoms with Gasteiger partial charge in [0.1, 0.15) is 17.1 Å². The molecule has 3 amide bonds. The monoisotopic (exact) mass is 327 g/mol. The molecule has 0 radical (unpaired) electrons. The van der Waals surface area contributed by atoms with Crippen LogP contribution in [-0.2, 0) is 0 Å². The van der Waals surface area contributed by atoms with Crippen LogP contribution >= 0.6 is 0 Å². The summed E-state index contributed by atoms with van der Waals surface area (Å²) in [6.07, 6.45) is 1.41. The van der Waals surface area contributed by atoms with E-state index in [1.807, 2.05) is 30.3 Å². The van der Waals surface area contributed by atoms with Gasteiger partial charge < -0.3 is 14.2 Å². The van der Waals surface area contributed by atoms with Crippen LogP contribution in [0.2, 0.25) is 0 Å². The Bertz CT molecular complexity index is 848. The van der Waals surface area contributed by atoms with Crippen LogP contribution < -0.4 is 16.2 Å². The topological polar surface area (TPSA) is 96.5 Å². The number of hydrogen-bond donors (Lipinski definition) is 3. The Morgan fingerprint density at radius 2 is 1.92 bits per heavy atom. The molecule has 0 saturated heterocycles. The number of para-hydroxylation sites is 1. The first-order chi connectivity index (χ1) is 11.5. The van der Waals surface area contributed by atoms with Crippen molar-refractivity contribution in [2.75, 3.05) is 0 Å². The van der Waals surface area contributed by atoms with Crippen LogP contribution in [0.3, 0.4) is 0 Å². The molecule has 0 aliphatic heterocycles. The molecule has 7 heteroatoms. The molecule has 0 bridgehead atoms. The zero-order valence-corrected chi connectivity index (χ0v) is 13.3. The lowest BCUT2D eigenvalue weighted by atomic mass is 10.2. The number of aryl methyl sites for hydroxylation is 1. The molecule has 1 aromatic carbocycles. The predicted octanol–water partition coefficient (Wildman–Crippen LogP) is 3.04. The normalized spacial score (nSPS) is 11.9. The van der Waals surface area contributed by atoms with Crippen molar-refractivity contribution in [3.8, 4) is 0 Å². The molecule has 1 atom stereocenters. The lowest BCUT2D eigenvalue weighted by Gasteiger charge is -2.12. The van der Waals surface area contributed by atoms with E-state index in [1.165, 1.54) is 12.3 Å². The van der Waals surface area contributed by atoms with Gasteiger partial charge in [0, 0.05) is 5.39 Å². The first-order valence-corrected chi connectivity index (χ1v) is 7.44. The van der Waals surface area contributed by atoms with Crippen molar-refractivity contribution in [1.82, 2.24) is 16.2 Å². The summed E-state index contributed by atoms with van der Waals surface area (Å²) in [5.41, 5.74) is 5.73. The molecule has 7 nitrogen and oxygen atoms in total. The van der Waals surface area contributed by atoms with Crippen molar-refractivity contribution < 1.29 is 18.4 Å². The lowest BCUT2D eigenvalue weighted by molar-refractivity contribution is 0.0934. The standard InChI is InChI=1S/C17H17N3O4/c1-10(15-9-12-5-3-4-6-14(12)24-15)18-17(22)20-19-16(21)13-7-8-23-11(13)2/h3-10H,1-2H3,(H,19,21)(H2,18,20,22). The quantitative estimate of drug-likeness (QED) is 0.644. The lowest BCUT2D eigenvalue weighted by Crippen LogP contribution is -2.47. The fraction of sp³-hybridized carbons (Fsp3) is 0.176. The molecule has 3 rings (SSSR count). The summed E-state index contributed by atoms with van der Waals surface area (Å²) in [6, 6.07) is 10.1. The van der Waals surface area contributed by atoms with Gasteiger partial charge in [-0.1, -0.05) is 18.2 Å². The highest BCUT2D eigenvalue weighted by Gasteiger charge is 2.16. The number of hydrogen-bond acceptors (Lipinski definition) is 4. The van der Waals surface area contributed by atoms with Gasteiger partial charge in [0.15, 0.2) is 0 Å². The summed E-state index contributed by atoms with van der Waals surface area (Å²) >= 11 is 0. The number of rotatable bonds is 3. The zero-order valence-electron chi connectivity index (χ0n) is 13.3. The van der Waals surface area contributed by atoms with Crippen LogP contribution in [0.5, 0.6) is 0 Å². The number of nitrogens with one attached hydrogen (secondary N) is 3. The number of carbonyl (C=O) groups is 2. The van der Waals surface area contributed by atoms with Crippen LogP contribution in [0.4, 0.5) is 4.79 Å². The van der Waals surface area contributed by atoms with Crippen LogP contribution in [0.1, 0.15) is 34.8 Å². The molecule has 0 aliphatic carbocycles. The molecule has 0 aliphatic rings. The number of hydrazine groups is 1. The van der Waals surface area contributed by atoms with Crippen LogP contribution in [-0.4, -0.2) is 11.9 Å². The number of furan rings is 2. The largest absolute Gasteiger partial charge is 0.469 e. The third kappa shape index (κ3) is 3.24. The summed E-state index contributed by atoms with van der Waals surface area (Å²) in [5.74, 6) is 0.654. The van der Waals surface area contributed by atoms with E-state index in [4.69, 9.17) is 8.83 Å². The Kier molecular flexibility index (Phi) is 4.24. The number of carbonyl (C=O) groups excluding carboxylic acids is 2. The van der Waals surface area contributed by atoms with Crippen molar-refractivity contribution in [2.24, 2.45) is 0 Å². The van der Waals surface area contributed by atoms with Gasteiger partial charge in [0.05, 0.1) is 17.9 Å². The number of urea groups is 1. The molecule has 124 valence electrons. The van der Waals surface area contributed by atoms with Crippen molar-refractivity contribution in [3.05, 3.63) is 59.7 Å². The Morgan fingerprint density at radius 3 is 2.62 bits per heavy atom. The van der Waals surface area contributed by atoms with Gasteiger partial charge >= 0.3 is 6.03 Å². The number of fused-ring (bicyclic) bond motifs is 1. The molecule has 2 aromatic heterocycles. The third-order valence-corrected chi connectivity index (χ3v) is 3.61. The van der Waals surface area contributed by atoms with Gasteiger partial charge in [-0.2, -0.15) is 0 Å². The summed E-state index contributed by atoms with van der Waals surface area (Å²) < 4.78 is 10.7. The van der Waals surface area contributed by atoms with E-state index in [0.717, 1.165) is 11.0 Å². The van der Waals surface area contributed by atoms with E-state index in [9.17, 15) is 9.59 Å². The van der Waals surface area contributed by atoms with Gasteiger partial charge in [-0.05, 0) is 32.0 Å². The fourth-order valence-electron chi connectivity index (χ4n) is 2.32. The maximum absolute atomic E-state index is 11.9. The second kappa shape index (κ2) is 6.49. The van der Waals surface area contributed by atoms with Gasteiger partial charge in [-0.3, -0.25) is 10.2 Å². The Labute approximate surface area is 138 Å². The Morgan fingerprint density at radius 1 is 1.12 bits per heavy atom. The minimum absolute atomic E-state index is 0.357. The van der Waals surface area contributed by atoms with E-state index in [2.05, 4.69) is 16.2 Å². The SMILES string of the molecule is Cc1occc1C(=O)NNC(=O)NC(C)c1cc2ccccc2o1. The van der Waals surface area contributed by atoms with Crippen LogP contribution in [0.15, 0.2) is 51.5 Å². The van der Waals surface area contributed by atoms with Gasteiger partial charge in [-0.15, -0.1) is 0 Å². The predicted molar refractivity (Wildman–Crippen MR) is 87.2 cm³/mol. The highest BCUT2D eigenvalue weighted by Crippen LogP contribution is 2.23. The molecule has 2 heterocycles. The van der Waals surface area contributed by atoms with Crippen LogP contribution in [0.25, 0.3) is 11.0 Å². The highest BCUT2D eigenvalue weighted by molar-refractivity contribution is 5.96. The zero-order chi connectivity index (χ0) is 17.1. The first kappa shape index (κ1) is 15.7. The molecule has 24 heavy (non-hydrogen) atoms. The van der Waals surface area contributed by atoms with Crippen molar-refractivity contribution in [1.29, 1.82) is 0 Å². The third-order valence-electron chi connectivity index (χ3n) is 3.61. The van der Waals surface area contributed by atoms with Crippen molar-refractivity contribution in [2.45, 2.75) is 19.9 Å². The molecule has 0 fully saturated rings. The second-order valence-corrected chi connectivity index (χ2v) is 5.35. The van der Waals surface area contributed by atoms with E-state index in [-0.39, 0.29) is 6.04 Å². The summed E-state index contributed by atoms with van der Waals surface area (Å²) in [7, 11) is 0. The number of benzene rings is 1. The van der Waals surface area contributed by atoms with E-state index < -0.39 is 11.9 Å². The van der Waals surface area contributed by atoms with Gasteiger partial charge in [-0.25, -0.2) is 10.2 Å². The molecular weight excluding hydrogens is 310 g/mol. The molecule has 0 saturated carbocycles. The van der Waals surface area contributed by atoms with E-state index in [1.54, 1.807) is 13.8 Å². The van der Waals surface area contributed by atoms with Crippen molar-refractivity contribution in [3.63, 3.8) is 0 Å². The Hall–Kier alpha value is -3.22. The average molecular weight is 327 g/mol. The number of amides is 3. The van der Waals surface area contributed by atoms with Gasteiger partial charge in [0.25, 0.3) is 5.91 Å². The smallest absolute Gasteiger partial charge is 0.334 e. The van der Waals surface area contributed by atoms with Crippen LogP contribution in [0, 0.1) is 6.92 Å². The molecule has 0 spiro atoms. The fourth-order valence-corrected chi connectivity index (χ4v) is 2.32.